The highest BCUT2D eigenvalue weighted by molar-refractivity contribution is 6.05. The van der Waals surface area contributed by atoms with Gasteiger partial charge < -0.3 is 5.32 Å². The molecule has 0 spiro atoms. The maximum atomic E-state index is 12.5. The standard InChI is InChI=1S/C19H21N3O/c1-13-6-4-8-15(10-13)19(2,3)12-20-18(23)16-9-5-7-14-11-21-22-17(14)16/h4-11H,12H2,1-3H3,(H,20,23)(H,21,22). The van der Waals surface area contributed by atoms with E-state index in [4.69, 9.17) is 0 Å². The molecule has 0 bridgehead atoms. The largest absolute Gasteiger partial charge is 0.351 e. The summed E-state index contributed by atoms with van der Waals surface area (Å²) in [5, 5.41) is 10.9. The molecule has 0 atom stereocenters. The first-order valence-electron chi connectivity index (χ1n) is 7.75. The van der Waals surface area contributed by atoms with Crippen molar-refractivity contribution < 1.29 is 4.79 Å². The molecule has 0 saturated carbocycles. The number of carbonyl (C=O) groups is 1. The number of H-pyrrole nitrogens is 1. The van der Waals surface area contributed by atoms with Crippen molar-refractivity contribution in [2.75, 3.05) is 6.54 Å². The third-order valence-electron chi connectivity index (χ3n) is 4.21. The normalized spacial score (nSPS) is 11.6. The molecular weight excluding hydrogens is 286 g/mol. The number of hydrogen-bond acceptors (Lipinski definition) is 2. The number of nitrogens with one attached hydrogen (secondary N) is 2. The maximum absolute atomic E-state index is 12.5. The molecule has 4 heteroatoms. The van der Waals surface area contributed by atoms with E-state index in [1.165, 1.54) is 11.1 Å². The minimum Gasteiger partial charge on any atom is -0.351 e. The maximum Gasteiger partial charge on any atom is 0.253 e. The van der Waals surface area contributed by atoms with Gasteiger partial charge in [-0.3, -0.25) is 9.89 Å². The van der Waals surface area contributed by atoms with E-state index < -0.39 is 0 Å². The Hall–Kier alpha value is -2.62. The van der Waals surface area contributed by atoms with Crippen LogP contribution >= 0.6 is 0 Å². The Kier molecular flexibility index (Phi) is 3.90. The molecule has 1 heterocycles. The van der Waals surface area contributed by atoms with E-state index in [2.05, 4.69) is 60.6 Å². The molecule has 0 radical (unpaired) electrons. The van der Waals surface area contributed by atoms with Crippen LogP contribution in [-0.2, 0) is 5.41 Å². The van der Waals surface area contributed by atoms with E-state index in [1.54, 1.807) is 6.20 Å². The molecule has 0 aliphatic carbocycles. The number of aromatic amines is 1. The Morgan fingerprint density at radius 3 is 2.78 bits per heavy atom. The summed E-state index contributed by atoms with van der Waals surface area (Å²) in [6.45, 7) is 6.93. The van der Waals surface area contributed by atoms with Crippen molar-refractivity contribution in [1.29, 1.82) is 0 Å². The van der Waals surface area contributed by atoms with Gasteiger partial charge in [0.1, 0.15) is 0 Å². The number of amides is 1. The van der Waals surface area contributed by atoms with Crippen molar-refractivity contribution in [2.24, 2.45) is 0 Å². The number of aromatic nitrogens is 2. The van der Waals surface area contributed by atoms with Crippen molar-refractivity contribution >= 4 is 16.8 Å². The fourth-order valence-electron chi connectivity index (χ4n) is 2.72. The van der Waals surface area contributed by atoms with Crippen LogP contribution < -0.4 is 5.32 Å². The van der Waals surface area contributed by atoms with Crippen molar-refractivity contribution in [2.45, 2.75) is 26.2 Å². The summed E-state index contributed by atoms with van der Waals surface area (Å²) in [6, 6.07) is 14.0. The summed E-state index contributed by atoms with van der Waals surface area (Å²) in [6.07, 6.45) is 1.72. The van der Waals surface area contributed by atoms with E-state index in [9.17, 15) is 4.79 Å². The lowest BCUT2D eigenvalue weighted by atomic mass is 9.84. The number of para-hydroxylation sites is 1. The first kappa shape index (κ1) is 15.3. The Morgan fingerprint density at radius 1 is 1.22 bits per heavy atom. The van der Waals surface area contributed by atoms with Gasteiger partial charge in [-0.1, -0.05) is 55.8 Å². The minimum absolute atomic E-state index is 0.0828. The monoisotopic (exact) mass is 307 g/mol. The third-order valence-corrected chi connectivity index (χ3v) is 4.21. The van der Waals surface area contributed by atoms with Crippen LogP contribution in [0.2, 0.25) is 0 Å². The molecule has 0 saturated heterocycles. The first-order chi connectivity index (χ1) is 11.0. The van der Waals surface area contributed by atoms with Crippen LogP contribution in [0.15, 0.2) is 48.7 Å². The van der Waals surface area contributed by atoms with E-state index >= 15 is 0 Å². The Balaban J connectivity index is 1.77. The number of rotatable bonds is 4. The predicted molar refractivity (Wildman–Crippen MR) is 92.6 cm³/mol. The number of aryl methyl sites for hydroxylation is 1. The molecule has 0 aliphatic rings. The minimum atomic E-state index is -0.135. The van der Waals surface area contributed by atoms with E-state index in [0.717, 1.165) is 10.9 Å². The summed E-state index contributed by atoms with van der Waals surface area (Å²) in [5.41, 5.74) is 3.71. The fraction of sp³-hybridized carbons (Fsp3) is 0.263. The molecule has 2 aromatic carbocycles. The van der Waals surface area contributed by atoms with Gasteiger partial charge in [0.05, 0.1) is 17.3 Å². The van der Waals surface area contributed by atoms with Crippen LogP contribution in [0.5, 0.6) is 0 Å². The highest BCUT2D eigenvalue weighted by Crippen LogP contribution is 2.23. The Labute approximate surface area is 135 Å². The molecular formula is C19H21N3O. The average molecular weight is 307 g/mol. The second-order valence-electron chi connectivity index (χ2n) is 6.58. The molecule has 0 fully saturated rings. The number of carbonyl (C=O) groups excluding carboxylic acids is 1. The van der Waals surface area contributed by atoms with Crippen LogP contribution in [0.25, 0.3) is 10.9 Å². The lowest BCUT2D eigenvalue weighted by Gasteiger charge is -2.26. The molecule has 4 nitrogen and oxygen atoms in total. The van der Waals surface area contributed by atoms with Crippen molar-refractivity contribution in [3.63, 3.8) is 0 Å². The van der Waals surface area contributed by atoms with E-state index in [-0.39, 0.29) is 11.3 Å². The molecule has 23 heavy (non-hydrogen) atoms. The van der Waals surface area contributed by atoms with Crippen LogP contribution in [-0.4, -0.2) is 22.6 Å². The van der Waals surface area contributed by atoms with E-state index in [1.807, 2.05) is 18.2 Å². The Morgan fingerprint density at radius 2 is 2.00 bits per heavy atom. The zero-order valence-electron chi connectivity index (χ0n) is 13.7. The van der Waals surface area contributed by atoms with E-state index in [0.29, 0.717) is 12.1 Å². The van der Waals surface area contributed by atoms with Gasteiger partial charge >= 0.3 is 0 Å². The van der Waals surface area contributed by atoms with Crippen molar-refractivity contribution in [3.8, 4) is 0 Å². The third kappa shape index (κ3) is 3.11. The number of benzene rings is 2. The highest BCUT2D eigenvalue weighted by atomic mass is 16.1. The molecule has 3 rings (SSSR count). The number of hydrogen-bond donors (Lipinski definition) is 2. The molecule has 0 aliphatic heterocycles. The summed E-state index contributed by atoms with van der Waals surface area (Å²) < 4.78 is 0. The van der Waals surface area contributed by atoms with Crippen LogP contribution in [0.1, 0.15) is 35.3 Å². The number of fused-ring (bicyclic) bond motifs is 1. The van der Waals surface area contributed by atoms with Gasteiger partial charge in [0.2, 0.25) is 0 Å². The molecule has 3 aromatic rings. The number of nitrogens with zero attached hydrogens (tertiary/aromatic N) is 1. The fourth-order valence-corrected chi connectivity index (χ4v) is 2.72. The second-order valence-corrected chi connectivity index (χ2v) is 6.58. The topological polar surface area (TPSA) is 57.8 Å². The van der Waals surface area contributed by atoms with Crippen LogP contribution in [0.4, 0.5) is 0 Å². The van der Waals surface area contributed by atoms with Gasteiger partial charge in [0.15, 0.2) is 0 Å². The van der Waals surface area contributed by atoms with Gasteiger partial charge in [0, 0.05) is 17.3 Å². The molecule has 118 valence electrons. The Bertz CT molecular complexity index is 848. The predicted octanol–water partition coefficient (Wildman–Crippen LogP) is 3.58. The zero-order valence-corrected chi connectivity index (χ0v) is 13.7. The van der Waals surface area contributed by atoms with Crippen LogP contribution in [0.3, 0.4) is 0 Å². The summed E-state index contributed by atoms with van der Waals surface area (Å²) in [7, 11) is 0. The first-order valence-corrected chi connectivity index (χ1v) is 7.75. The van der Waals surface area contributed by atoms with Gasteiger partial charge in [0.25, 0.3) is 5.91 Å². The summed E-state index contributed by atoms with van der Waals surface area (Å²) >= 11 is 0. The van der Waals surface area contributed by atoms with Crippen LogP contribution in [0, 0.1) is 6.92 Å². The SMILES string of the molecule is Cc1cccc(C(C)(C)CNC(=O)c2cccc3cn[nH]c23)c1. The molecule has 0 unspecified atom stereocenters. The van der Waals surface area contributed by atoms with Crippen molar-refractivity contribution in [1.82, 2.24) is 15.5 Å². The molecule has 1 amide bonds. The lowest BCUT2D eigenvalue weighted by molar-refractivity contribution is 0.0947. The van der Waals surface area contributed by atoms with Gasteiger partial charge in [-0.15, -0.1) is 0 Å². The summed E-state index contributed by atoms with van der Waals surface area (Å²) in [4.78, 5) is 12.5. The lowest BCUT2D eigenvalue weighted by Crippen LogP contribution is -2.36. The molecule has 1 aromatic heterocycles. The van der Waals surface area contributed by atoms with Gasteiger partial charge in [-0.2, -0.15) is 5.10 Å². The second kappa shape index (κ2) is 5.88. The zero-order chi connectivity index (χ0) is 16.4. The van der Waals surface area contributed by atoms with Gasteiger partial charge in [-0.05, 0) is 18.6 Å². The van der Waals surface area contributed by atoms with Gasteiger partial charge in [-0.25, -0.2) is 0 Å². The smallest absolute Gasteiger partial charge is 0.253 e. The average Bonchev–Trinajstić information content (AvgIpc) is 3.01. The molecule has 2 N–H and O–H groups in total. The van der Waals surface area contributed by atoms with Crippen molar-refractivity contribution in [3.05, 3.63) is 65.4 Å². The summed E-state index contributed by atoms with van der Waals surface area (Å²) in [5.74, 6) is -0.0828. The highest BCUT2D eigenvalue weighted by Gasteiger charge is 2.22. The quantitative estimate of drug-likeness (QED) is 0.774.